The van der Waals surface area contributed by atoms with Crippen molar-refractivity contribution < 1.29 is 27.8 Å². The maximum absolute atomic E-state index is 13.2. The Bertz CT molecular complexity index is 986. The highest BCUT2D eigenvalue weighted by molar-refractivity contribution is 5.76. The molecular weight excluding hydrogens is 432 g/mol. The molecule has 4 rings (SSSR count). The van der Waals surface area contributed by atoms with Crippen LogP contribution in [0.2, 0.25) is 0 Å². The fraction of sp³-hybridized carbons (Fsp3) is 0.542. The molecule has 0 N–H and O–H groups in total. The zero-order valence-corrected chi connectivity index (χ0v) is 19.1. The normalized spacial score (nSPS) is 22.0. The molecule has 0 radical (unpaired) electrons. The molecule has 2 aromatic rings. The number of nitrogens with zero attached hydrogens (tertiary/aromatic N) is 3. The van der Waals surface area contributed by atoms with Gasteiger partial charge in [0.25, 0.3) is 11.8 Å². The Morgan fingerprint density at radius 3 is 2.64 bits per heavy atom. The van der Waals surface area contributed by atoms with Gasteiger partial charge in [-0.05, 0) is 30.5 Å². The van der Waals surface area contributed by atoms with Crippen LogP contribution in [0.3, 0.4) is 0 Å². The van der Waals surface area contributed by atoms with Gasteiger partial charge in [-0.25, -0.2) is 13.8 Å². The molecule has 1 aromatic heterocycles. The van der Waals surface area contributed by atoms with Gasteiger partial charge in [0.15, 0.2) is 5.82 Å². The van der Waals surface area contributed by atoms with Gasteiger partial charge >= 0.3 is 0 Å². The lowest BCUT2D eigenvalue weighted by atomic mass is 9.96. The highest BCUT2D eigenvalue weighted by Gasteiger charge is 2.57. The summed E-state index contributed by atoms with van der Waals surface area (Å²) in [4.78, 5) is 21.8. The number of hydrogen-bond acceptors (Lipinski definition) is 7. The molecule has 2 heterocycles. The number of alkyl halides is 2. The summed E-state index contributed by atoms with van der Waals surface area (Å²) in [5, 5.41) is 0. The Hall–Kier alpha value is -2.97. The van der Waals surface area contributed by atoms with E-state index >= 15 is 0 Å². The van der Waals surface area contributed by atoms with Gasteiger partial charge in [-0.3, -0.25) is 0 Å². The second kappa shape index (κ2) is 9.49. The smallest absolute Gasteiger partial charge is 0.262 e. The third-order valence-corrected chi connectivity index (χ3v) is 6.12. The Morgan fingerprint density at radius 2 is 2.00 bits per heavy atom. The number of aromatic nitrogens is 2. The fourth-order valence-electron chi connectivity index (χ4n) is 4.12. The zero-order chi connectivity index (χ0) is 23.6. The zero-order valence-electron chi connectivity index (χ0n) is 19.1. The molecule has 0 amide bonds. The molecule has 33 heavy (non-hydrogen) atoms. The molecule has 1 saturated carbocycles. The van der Waals surface area contributed by atoms with E-state index in [0.717, 1.165) is 17.7 Å². The van der Waals surface area contributed by atoms with E-state index in [1.54, 1.807) is 6.92 Å². The van der Waals surface area contributed by atoms with Crippen LogP contribution in [0.5, 0.6) is 17.4 Å². The number of carbonyl (C=O) groups excluding carboxylic acids is 1. The summed E-state index contributed by atoms with van der Waals surface area (Å²) in [6.45, 7) is 4.83. The largest absolute Gasteiger partial charge is 0.489 e. The van der Waals surface area contributed by atoms with E-state index in [-0.39, 0.29) is 36.7 Å². The molecule has 1 aliphatic carbocycles. The van der Waals surface area contributed by atoms with Crippen LogP contribution in [0.4, 0.5) is 14.6 Å². The van der Waals surface area contributed by atoms with Crippen molar-refractivity contribution in [3.63, 3.8) is 0 Å². The molecule has 9 heteroatoms. The number of ether oxygens (including phenoxy) is 3. The van der Waals surface area contributed by atoms with Gasteiger partial charge < -0.3 is 23.9 Å². The average Bonchev–Trinajstić information content (AvgIpc) is 3.16. The second-order valence-corrected chi connectivity index (χ2v) is 8.86. The topological polar surface area (TPSA) is 73.8 Å². The molecule has 1 aromatic carbocycles. The second-order valence-electron chi connectivity index (χ2n) is 8.86. The van der Waals surface area contributed by atoms with Crippen LogP contribution >= 0.6 is 0 Å². The number of hydrogen-bond donors (Lipinski definition) is 0. The Kier molecular flexibility index (Phi) is 6.67. The third kappa shape index (κ3) is 5.51. The number of ketones is 1. The van der Waals surface area contributed by atoms with E-state index in [1.807, 2.05) is 36.1 Å². The molecule has 1 saturated heterocycles. The summed E-state index contributed by atoms with van der Waals surface area (Å²) >= 11 is 0. The van der Waals surface area contributed by atoms with Crippen LogP contribution in [0, 0.1) is 5.92 Å². The number of halogens is 2. The molecule has 0 bridgehead atoms. The van der Waals surface area contributed by atoms with Crippen molar-refractivity contribution in [2.24, 2.45) is 5.92 Å². The van der Waals surface area contributed by atoms with Crippen LogP contribution in [0.15, 0.2) is 30.6 Å². The first-order chi connectivity index (χ1) is 15.8. The van der Waals surface area contributed by atoms with Crippen molar-refractivity contribution in [3.05, 3.63) is 36.2 Å². The van der Waals surface area contributed by atoms with E-state index in [0.29, 0.717) is 31.1 Å². The van der Waals surface area contributed by atoms with Gasteiger partial charge in [-0.15, -0.1) is 0 Å². The monoisotopic (exact) mass is 461 g/mol. The molecule has 1 unspecified atom stereocenters. The maximum atomic E-state index is 13.2. The number of anilines is 1. The summed E-state index contributed by atoms with van der Waals surface area (Å²) in [5.41, 5.74) is 1.10. The van der Waals surface area contributed by atoms with Crippen molar-refractivity contribution in [3.8, 4) is 17.4 Å². The van der Waals surface area contributed by atoms with E-state index in [4.69, 9.17) is 14.2 Å². The summed E-state index contributed by atoms with van der Waals surface area (Å²) in [5.74, 6) is -1.24. The lowest BCUT2D eigenvalue weighted by Gasteiger charge is -2.21. The minimum absolute atomic E-state index is 0.0420. The predicted octanol–water partition coefficient (Wildman–Crippen LogP) is 4.26. The van der Waals surface area contributed by atoms with Crippen LogP contribution in [-0.4, -0.2) is 54.6 Å². The maximum Gasteiger partial charge on any atom is 0.262 e. The highest BCUT2D eigenvalue weighted by atomic mass is 19.3. The predicted molar refractivity (Wildman–Crippen MR) is 119 cm³/mol. The van der Waals surface area contributed by atoms with Gasteiger partial charge in [-0.1, -0.05) is 19.1 Å². The Morgan fingerprint density at radius 1 is 1.27 bits per heavy atom. The first-order valence-corrected chi connectivity index (χ1v) is 11.2. The number of Topliss-reactive ketones (excluding diaryl/α,β-unsaturated/α-hetero) is 1. The molecule has 178 valence electrons. The standard InChI is InChI=1S/C24H29F2N3O4/c1-15(10-16(2)30)17-4-6-19(7-5-17)33-20-8-9-29(12-20)22-21(31-3)23(28-14-27-22)32-13-18-11-24(18,25)26/h4-7,14-15,18,20H,8-13H2,1-3H3/t15-,18?,20-/m1/s1. The molecule has 0 spiro atoms. The van der Waals surface area contributed by atoms with E-state index in [1.165, 1.54) is 13.4 Å². The van der Waals surface area contributed by atoms with Crippen molar-refractivity contribution >= 4 is 11.6 Å². The first kappa shape index (κ1) is 23.2. The van der Waals surface area contributed by atoms with Gasteiger partial charge in [0.2, 0.25) is 5.75 Å². The third-order valence-electron chi connectivity index (χ3n) is 6.12. The summed E-state index contributed by atoms with van der Waals surface area (Å²) in [7, 11) is 1.49. The van der Waals surface area contributed by atoms with Gasteiger partial charge in [0.1, 0.15) is 24.0 Å². The van der Waals surface area contributed by atoms with Crippen molar-refractivity contribution in [2.45, 2.75) is 51.1 Å². The van der Waals surface area contributed by atoms with Gasteiger partial charge in [0, 0.05) is 25.8 Å². The minimum Gasteiger partial charge on any atom is -0.489 e. The molecule has 3 atom stereocenters. The first-order valence-electron chi connectivity index (χ1n) is 11.2. The Labute approximate surface area is 192 Å². The highest BCUT2D eigenvalue weighted by Crippen LogP contribution is 2.49. The summed E-state index contributed by atoms with van der Waals surface area (Å²) in [6.07, 6.45) is 2.47. The van der Waals surface area contributed by atoms with Crippen LogP contribution in [0.25, 0.3) is 0 Å². The van der Waals surface area contributed by atoms with E-state index in [2.05, 4.69) is 9.97 Å². The molecule has 1 aliphatic heterocycles. The van der Waals surface area contributed by atoms with E-state index < -0.39 is 11.8 Å². The number of benzene rings is 1. The van der Waals surface area contributed by atoms with Crippen molar-refractivity contribution in [2.75, 3.05) is 31.7 Å². The number of carbonyl (C=O) groups is 1. The van der Waals surface area contributed by atoms with Crippen LogP contribution in [-0.2, 0) is 4.79 Å². The average molecular weight is 462 g/mol. The Balaban J connectivity index is 1.36. The number of methoxy groups -OCH3 is 1. The molecular formula is C24H29F2N3O4. The minimum atomic E-state index is -2.65. The molecule has 7 nitrogen and oxygen atoms in total. The van der Waals surface area contributed by atoms with Crippen molar-refractivity contribution in [1.82, 2.24) is 9.97 Å². The van der Waals surface area contributed by atoms with Crippen LogP contribution in [0.1, 0.15) is 44.6 Å². The molecule has 2 fully saturated rings. The lowest BCUT2D eigenvalue weighted by Crippen LogP contribution is -2.26. The lowest BCUT2D eigenvalue weighted by molar-refractivity contribution is -0.117. The number of rotatable bonds is 10. The summed E-state index contributed by atoms with van der Waals surface area (Å²) in [6, 6.07) is 7.85. The van der Waals surface area contributed by atoms with Gasteiger partial charge in [-0.2, -0.15) is 4.98 Å². The summed E-state index contributed by atoms with van der Waals surface area (Å²) < 4.78 is 43.5. The van der Waals surface area contributed by atoms with Crippen LogP contribution < -0.4 is 19.1 Å². The SMILES string of the molecule is COc1c(OCC2CC2(F)F)ncnc1N1CC[C@@H](Oc2ccc([C@H](C)CC(C)=O)cc2)C1. The van der Waals surface area contributed by atoms with Crippen molar-refractivity contribution in [1.29, 1.82) is 0 Å². The van der Waals surface area contributed by atoms with Gasteiger partial charge in [0.05, 0.1) is 26.2 Å². The fourth-order valence-corrected chi connectivity index (χ4v) is 4.12. The van der Waals surface area contributed by atoms with E-state index in [9.17, 15) is 13.6 Å². The quantitative estimate of drug-likeness (QED) is 0.523. The molecule has 2 aliphatic rings.